The first-order valence-corrected chi connectivity index (χ1v) is 6.41. The van der Waals surface area contributed by atoms with Crippen molar-refractivity contribution in [2.75, 3.05) is 5.32 Å². The first kappa shape index (κ1) is 13.0. The van der Waals surface area contributed by atoms with Gasteiger partial charge >= 0.3 is 6.18 Å². The van der Waals surface area contributed by atoms with E-state index in [2.05, 4.69) is 15.3 Å². The molecule has 2 N–H and O–H groups in total. The number of hydrogen-bond acceptors (Lipinski definition) is 2. The SMILES string of the molecule is Cc1ncc(-c2ccc3c(c2)CCC(C(F)(F)F)N3)[nH]1. The van der Waals surface area contributed by atoms with E-state index in [-0.39, 0.29) is 6.42 Å². The Morgan fingerprint density at radius 2 is 2.10 bits per heavy atom. The number of halogens is 3. The van der Waals surface area contributed by atoms with Crippen LogP contribution in [-0.2, 0) is 6.42 Å². The van der Waals surface area contributed by atoms with Crippen molar-refractivity contribution in [1.29, 1.82) is 0 Å². The van der Waals surface area contributed by atoms with Crippen molar-refractivity contribution in [3.63, 3.8) is 0 Å². The van der Waals surface area contributed by atoms with Crippen LogP contribution in [0.1, 0.15) is 17.8 Å². The third kappa shape index (κ3) is 2.37. The highest BCUT2D eigenvalue weighted by atomic mass is 19.4. The summed E-state index contributed by atoms with van der Waals surface area (Å²) in [5.41, 5.74) is 3.30. The summed E-state index contributed by atoms with van der Waals surface area (Å²) >= 11 is 0. The van der Waals surface area contributed by atoms with Gasteiger partial charge in [0.2, 0.25) is 0 Å². The van der Waals surface area contributed by atoms with Gasteiger partial charge in [-0.1, -0.05) is 6.07 Å². The molecule has 0 amide bonds. The molecule has 1 atom stereocenters. The number of aromatic amines is 1. The minimum Gasteiger partial charge on any atom is -0.374 e. The normalized spacial score (nSPS) is 18.5. The molecule has 3 nitrogen and oxygen atoms in total. The number of fused-ring (bicyclic) bond motifs is 1. The minimum absolute atomic E-state index is 0.0714. The molecule has 2 aromatic rings. The number of hydrogen-bond donors (Lipinski definition) is 2. The van der Waals surface area contributed by atoms with Crippen molar-refractivity contribution >= 4 is 5.69 Å². The lowest BCUT2D eigenvalue weighted by Gasteiger charge is -2.29. The van der Waals surface area contributed by atoms with Crippen LogP contribution in [0.15, 0.2) is 24.4 Å². The predicted molar refractivity (Wildman–Crippen MR) is 70.5 cm³/mol. The van der Waals surface area contributed by atoms with Gasteiger partial charge in [0.25, 0.3) is 0 Å². The third-order valence-corrected chi connectivity index (χ3v) is 3.55. The number of nitrogens with zero attached hydrogens (tertiary/aromatic N) is 1. The standard InChI is InChI=1S/C14H14F3N3/c1-8-18-7-12(19-8)10-2-4-11-9(6-10)3-5-13(20-11)14(15,16)17/h2,4,6-7,13,20H,3,5H2,1H3,(H,18,19). The van der Waals surface area contributed by atoms with E-state index in [4.69, 9.17) is 0 Å². The fourth-order valence-electron chi connectivity index (χ4n) is 2.48. The molecule has 1 aliphatic rings. The quantitative estimate of drug-likeness (QED) is 0.837. The topological polar surface area (TPSA) is 40.7 Å². The van der Waals surface area contributed by atoms with Crippen LogP contribution < -0.4 is 5.32 Å². The summed E-state index contributed by atoms with van der Waals surface area (Å²) < 4.78 is 38.1. The molecule has 20 heavy (non-hydrogen) atoms. The van der Waals surface area contributed by atoms with E-state index >= 15 is 0 Å². The first-order chi connectivity index (χ1) is 9.43. The molecule has 1 aliphatic heterocycles. The second-order valence-corrected chi connectivity index (χ2v) is 5.03. The first-order valence-electron chi connectivity index (χ1n) is 6.41. The van der Waals surface area contributed by atoms with Gasteiger partial charge in [0.15, 0.2) is 0 Å². The number of anilines is 1. The highest BCUT2D eigenvalue weighted by Crippen LogP contribution is 2.34. The molecule has 0 bridgehead atoms. The Kier molecular flexibility index (Phi) is 2.96. The molecule has 0 saturated carbocycles. The lowest BCUT2D eigenvalue weighted by molar-refractivity contribution is -0.144. The van der Waals surface area contributed by atoms with Gasteiger partial charge in [0.1, 0.15) is 11.9 Å². The fraction of sp³-hybridized carbons (Fsp3) is 0.357. The van der Waals surface area contributed by atoms with E-state index in [1.54, 1.807) is 18.3 Å². The van der Waals surface area contributed by atoms with Crippen LogP contribution in [0.2, 0.25) is 0 Å². The zero-order chi connectivity index (χ0) is 14.3. The van der Waals surface area contributed by atoms with Gasteiger partial charge in [0, 0.05) is 5.69 Å². The lowest BCUT2D eigenvalue weighted by Crippen LogP contribution is -2.39. The maximum absolute atomic E-state index is 12.7. The Morgan fingerprint density at radius 1 is 1.30 bits per heavy atom. The van der Waals surface area contributed by atoms with E-state index in [1.165, 1.54) is 0 Å². The van der Waals surface area contributed by atoms with Crippen molar-refractivity contribution < 1.29 is 13.2 Å². The molecule has 2 heterocycles. The Bertz CT molecular complexity index is 631. The van der Waals surface area contributed by atoms with Crippen LogP contribution in [0.25, 0.3) is 11.3 Å². The van der Waals surface area contributed by atoms with Crippen molar-refractivity contribution in [2.24, 2.45) is 0 Å². The Balaban J connectivity index is 1.89. The van der Waals surface area contributed by atoms with E-state index in [0.29, 0.717) is 12.1 Å². The van der Waals surface area contributed by atoms with Crippen molar-refractivity contribution in [1.82, 2.24) is 9.97 Å². The van der Waals surface area contributed by atoms with Crippen LogP contribution in [0.3, 0.4) is 0 Å². The zero-order valence-corrected chi connectivity index (χ0v) is 10.9. The molecule has 1 aromatic heterocycles. The van der Waals surface area contributed by atoms with Gasteiger partial charge in [-0.05, 0) is 43.0 Å². The number of nitrogens with one attached hydrogen (secondary N) is 2. The van der Waals surface area contributed by atoms with Crippen molar-refractivity contribution in [2.45, 2.75) is 32.0 Å². The van der Waals surface area contributed by atoms with Crippen molar-refractivity contribution in [3.05, 3.63) is 35.8 Å². The maximum atomic E-state index is 12.7. The van der Waals surface area contributed by atoms with Crippen LogP contribution >= 0.6 is 0 Å². The summed E-state index contributed by atoms with van der Waals surface area (Å²) in [6.07, 6.45) is -1.97. The molecule has 0 saturated heterocycles. The summed E-state index contributed by atoms with van der Waals surface area (Å²) in [7, 11) is 0. The molecular weight excluding hydrogens is 267 g/mol. The van der Waals surface area contributed by atoms with Gasteiger partial charge in [-0.3, -0.25) is 0 Å². The smallest absolute Gasteiger partial charge is 0.374 e. The van der Waals surface area contributed by atoms with Gasteiger partial charge in [-0.15, -0.1) is 0 Å². The summed E-state index contributed by atoms with van der Waals surface area (Å²) in [4.78, 5) is 7.25. The average molecular weight is 281 g/mol. The number of rotatable bonds is 1. The zero-order valence-electron chi connectivity index (χ0n) is 10.9. The number of aromatic nitrogens is 2. The molecule has 0 radical (unpaired) electrons. The largest absolute Gasteiger partial charge is 0.408 e. The molecule has 3 rings (SSSR count). The fourth-order valence-corrected chi connectivity index (χ4v) is 2.48. The van der Waals surface area contributed by atoms with Crippen LogP contribution in [0.4, 0.5) is 18.9 Å². The van der Waals surface area contributed by atoms with Gasteiger partial charge < -0.3 is 10.3 Å². The number of H-pyrrole nitrogens is 1. The molecule has 0 fully saturated rings. The minimum atomic E-state index is -4.20. The monoisotopic (exact) mass is 281 g/mol. The summed E-state index contributed by atoms with van der Waals surface area (Å²) in [6, 6.07) is 3.98. The van der Waals surface area contributed by atoms with Gasteiger partial charge in [-0.25, -0.2) is 4.98 Å². The molecule has 6 heteroatoms. The highest BCUT2D eigenvalue weighted by Gasteiger charge is 2.41. The Labute approximate surface area is 114 Å². The molecule has 0 spiro atoms. The van der Waals surface area contributed by atoms with E-state index in [0.717, 1.165) is 22.6 Å². The van der Waals surface area contributed by atoms with Gasteiger partial charge in [0.05, 0.1) is 11.9 Å². The highest BCUT2D eigenvalue weighted by molar-refractivity contribution is 5.66. The number of aryl methyl sites for hydroxylation is 2. The molecule has 106 valence electrons. The third-order valence-electron chi connectivity index (χ3n) is 3.55. The van der Waals surface area contributed by atoms with E-state index < -0.39 is 12.2 Å². The van der Waals surface area contributed by atoms with E-state index in [9.17, 15) is 13.2 Å². The van der Waals surface area contributed by atoms with E-state index in [1.807, 2.05) is 13.0 Å². The molecule has 1 unspecified atom stereocenters. The molecule has 1 aromatic carbocycles. The van der Waals surface area contributed by atoms with Gasteiger partial charge in [-0.2, -0.15) is 13.2 Å². The molecule has 0 aliphatic carbocycles. The molecular formula is C14H14F3N3. The summed E-state index contributed by atoms with van der Waals surface area (Å²) in [6.45, 7) is 1.86. The average Bonchev–Trinajstić information content (AvgIpc) is 2.83. The summed E-state index contributed by atoms with van der Waals surface area (Å²) in [5.74, 6) is 0.813. The number of imidazole rings is 1. The second kappa shape index (κ2) is 4.54. The number of benzene rings is 1. The predicted octanol–water partition coefficient (Wildman–Crippen LogP) is 3.67. The Morgan fingerprint density at radius 3 is 2.75 bits per heavy atom. The maximum Gasteiger partial charge on any atom is 0.408 e. The lowest BCUT2D eigenvalue weighted by atomic mass is 9.95. The number of alkyl halides is 3. The second-order valence-electron chi connectivity index (χ2n) is 5.03. The Hall–Kier alpha value is -1.98. The van der Waals surface area contributed by atoms with Crippen molar-refractivity contribution in [3.8, 4) is 11.3 Å². The van der Waals surface area contributed by atoms with Crippen LogP contribution in [0.5, 0.6) is 0 Å². The summed E-state index contributed by atoms with van der Waals surface area (Å²) in [5, 5.41) is 2.57. The van der Waals surface area contributed by atoms with Crippen LogP contribution in [0, 0.1) is 6.92 Å². The van der Waals surface area contributed by atoms with Crippen LogP contribution in [-0.4, -0.2) is 22.2 Å².